The zero-order valence-electron chi connectivity index (χ0n) is 11.1. The van der Waals surface area contributed by atoms with Crippen LogP contribution in [0.25, 0.3) is 11.5 Å². The van der Waals surface area contributed by atoms with Crippen LogP contribution in [0.3, 0.4) is 0 Å². The Morgan fingerprint density at radius 1 is 1.30 bits per heavy atom. The molecular weight excluding hydrogens is 280 g/mol. The molecule has 0 aliphatic carbocycles. The van der Waals surface area contributed by atoms with Crippen LogP contribution in [-0.4, -0.2) is 16.2 Å². The molecule has 0 N–H and O–H groups in total. The highest BCUT2D eigenvalue weighted by molar-refractivity contribution is 6.30. The van der Waals surface area contributed by atoms with Gasteiger partial charge in [-0.25, -0.2) is 4.79 Å². The summed E-state index contributed by atoms with van der Waals surface area (Å²) in [4.78, 5) is 11.3. The van der Waals surface area contributed by atoms with Crippen LogP contribution in [0.2, 0.25) is 5.02 Å². The monoisotopic (exact) mass is 292 g/mol. The van der Waals surface area contributed by atoms with Gasteiger partial charge in [0.2, 0.25) is 5.89 Å². The zero-order chi connectivity index (χ0) is 14.5. The smallest absolute Gasteiger partial charge is 0.331 e. The fourth-order valence-corrected chi connectivity index (χ4v) is 1.56. The number of halogens is 1. The molecule has 0 saturated heterocycles. The minimum absolute atomic E-state index is 0.0524. The van der Waals surface area contributed by atoms with Crippen LogP contribution in [-0.2, 0) is 16.1 Å². The maximum atomic E-state index is 11.3. The van der Waals surface area contributed by atoms with Crippen molar-refractivity contribution in [3.05, 3.63) is 46.8 Å². The van der Waals surface area contributed by atoms with E-state index in [9.17, 15) is 4.79 Å². The number of aromatic nitrogens is 2. The molecule has 0 fully saturated rings. The highest BCUT2D eigenvalue weighted by Crippen LogP contribution is 2.20. The van der Waals surface area contributed by atoms with Crippen molar-refractivity contribution in [2.45, 2.75) is 20.5 Å². The van der Waals surface area contributed by atoms with Gasteiger partial charge in [0.1, 0.15) is 0 Å². The van der Waals surface area contributed by atoms with Crippen molar-refractivity contribution >= 4 is 17.6 Å². The lowest BCUT2D eigenvalue weighted by molar-refractivity contribution is -0.139. The predicted octanol–water partition coefficient (Wildman–Crippen LogP) is 3.40. The third kappa shape index (κ3) is 3.93. The number of allylic oxidation sites excluding steroid dienone is 1. The Bertz CT molecular complexity index is 628. The van der Waals surface area contributed by atoms with Crippen LogP contribution < -0.4 is 0 Å². The lowest BCUT2D eigenvalue weighted by atomic mass is 10.2. The van der Waals surface area contributed by atoms with E-state index in [0.29, 0.717) is 10.9 Å². The van der Waals surface area contributed by atoms with Gasteiger partial charge in [-0.15, -0.1) is 10.2 Å². The van der Waals surface area contributed by atoms with Crippen molar-refractivity contribution in [2.24, 2.45) is 0 Å². The molecule has 0 radical (unpaired) electrons. The third-order valence-corrected chi connectivity index (χ3v) is 2.55. The van der Waals surface area contributed by atoms with Gasteiger partial charge in [0.25, 0.3) is 5.89 Å². The number of ether oxygens (including phenoxy) is 1. The van der Waals surface area contributed by atoms with E-state index in [-0.39, 0.29) is 12.5 Å². The Kier molecular flexibility index (Phi) is 4.53. The number of benzene rings is 1. The molecular formula is C14H13ClN2O3. The second kappa shape index (κ2) is 6.34. The summed E-state index contributed by atoms with van der Waals surface area (Å²) < 4.78 is 10.4. The Hall–Kier alpha value is -2.14. The van der Waals surface area contributed by atoms with Gasteiger partial charge in [0.05, 0.1) is 0 Å². The molecule has 0 atom stereocenters. The molecule has 0 aliphatic heterocycles. The van der Waals surface area contributed by atoms with Crippen molar-refractivity contribution in [1.82, 2.24) is 10.2 Å². The van der Waals surface area contributed by atoms with Crippen molar-refractivity contribution in [1.29, 1.82) is 0 Å². The van der Waals surface area contributed by atoms with E-state index in [1.54, 1.807) is 24.3 Å². The number of hydrogen-bond donors (Lipinski definition) is 0. The third-order valence-electron chi connectivity index (χ3n) is 2.30. The first-order valence-corrected chi connectivity index (χ1v) is 6.32. The first kappa shape index (κ1) is 14.3. The van der Waals surface area contributed by atoms with Gasteiger partial charge in [-0.3, -0.25) is 0 Å². The first-order valence-electron chi connectivity index (χ1n) is 5.94. The minimum atomic E-state index is -0.434. The number of nitrogens with zero attached hydrogens (tertiary/aromatic N) is 2. The number of hydrogen-bond acceptors (Lipinski definition) is 5. The molecule has 1 aromatic carbocycles. The van der Waals surface area contributed by atoms with Crippen molar-refractivity contribution < 1.29 is 13.9 Å². The van der Waals surface area contributed by atoms with E-state index >= 15 is 0 Å². The summed E-state index contributed by atoms with van der Waals surface area (Å²) in [6.07, 6.45) is 1.40. The summed E-state index contributed by atoms with van der Waals surface area (Å²) in [6, 6.07) is 7.01. The SMILES string of the molecule is CC(C)=CC(=O)OCc1nnc(-c2ccc(Cl)cc2)o1. The molecule has 5 nitrogen and oxygen atoms in total. The van der Waals surface area contributed by atoms with Gasteiger partial charge in [0.15, 0.2) is 6.61 Å². The van der Waals surface area contributed by atoms with Crippen LogP contribution in [0.4, 0.5) is 0 Å². The van der Waals surface area contributed by atoms with Crippen LogP contribution in [0, 0.1) is 0 Å². The van der Waals surface area contributed by atoms with Gasteiger partial charge in [-0.2, -0.15) is 0 Å². The first-order chi connectivity index (χ1) is 9.54. The summed E-state index contributed by atoms with van der Waals surface area (Å²) >= 11 is 5.80. The van der Waals surface area contributed by atoms with E-state index in [0.717, 1.165) is 11.1 Å². The maximum Gasteiger partial charge on any atom is 0.331 e. The lowest BCUT2D eigenvalue weighted by Crippen LogP contribution is -2.01. The average Bonchev–Trinajstić information content (AvgIpc) is 2.85. The van der Waals surface area contributed by atoms with Gasteiger partial charge in [-0.1, -0.05) is 17.2 Å². The minimum Gasteiger partial charge on any atom is -0.452 e. The normalized spacial score (nSPS) is 10.2. The van der Waals surface area contributed by atoms with Gasteiger partial charge < -0.3 is 9.15 Å². The maximum absolute atomic E-state index is 11.3. The molecule has 104 valence electrons. The standard InChI is InChI=1S/C14H13ClN2O3/c1-9(2)7-13(18)19-8-12-16-17-14(20-12)10-3-5-11(15)6-4-10/h3-7H,8H2,1-2H3. The molecule has 2 aromatic rings. The van der Waals surface area contributed by atoms with Crippen LogP contribution in [0.15, 0.2) is 40.3 Å². The number of rotatable bonds is 4. The Morgan fingerprint density at radius 2 is 2.00 bits per heavy atom. The molecule has 6 heteroatoms. The Balaban J connectivity index is 2.01. The van der Waals surface area contributed by atoms with E-state index in [2.05, 4.69) is 10.2 Å². The molecule has 2 rings (SSSR count). The number of carbonyl (C=O) groups is 1. The van der Waals surface area contributed by atoms with E-state index in [4.69, 9.17) is 20.8 Å². The summed E-state index contributed by atoms with van der Waals surface area (Å²) in [5, 5.41) is 8.34. The molecule has 0 spiro atoms. The molecule has 0 bridgehead atoms. The molecule has 0 amide bonds. The molecule has 0 aliphatic rings. The highest BCUT2D eigenvalue weighted by atomic mass is 35.5. The Morgan fingerprint density at radius 3 is 2.65 bits per heavy atom. The molecule has 0 saturated carbocycles. The molecule has 20 heavy (non-hydrogen) atoms. The Labute approximate surface area is 121 Å². The number of carbonyl (C=O) groups excluding carboxylic acids is 1. The van der Waals surface area contributed by atoms with Crippen LogP contribution >= 0.6 is 11.6 Å². The van der Waals surface area contributed by atoms with E-state index in [1.807, 2.05) is 13.8 Å². The zero-order valence-corrected chi connectivity index (χ0v) is 11.8. The number of esters is 1. The highest BCUT2D eigenvalue weighted by Gasteiger charge is 2.10. The second-order valence-corrected chi connectivity index (χ2v) is 4.77. The summed E-state index contributed by atoms with van der Waals surface area (Å²) in [5.41, 5.74) is 1.62. The quantitative estimate of drug-likeness (QED) is 0.638. The van der Waals surface area contributed by atoms with Crippen molar-refractivity contribution in [3.8, 4) is 11.5 Å². The molecule has 0 unspecified atom stereocenters. The van der Waals surface area contributed by atoms with Gasteiger partial charge >= 0.3 is 5.97 Å². The average molecular weight is 293 g/mol. The second-order valence-electron chi connectivity index (χ2n) is 4.34. The van der Waals surface area contributed by atoms with Crippen molar-refractivity contribution in [3.63, 3.8) is 0 Å². The van der Waals surface area contributed by atoms with E-state index < -0.39 is 5.97 Å². The summed E-state index contributed by atoms with van der Waals surface area (Å²) in [6.45, 7) is 3.57. The van der Waals surface area contributed by atoms with Gasteiger partial charge in [-0.05, 0) is 38.1 Å². The van der Waals surface area contributed by atoms with Crippen molar-refractivity contribution in [2.75, 3.05) is 0 Å². The topological polar surface area (TPSA) is 65.2 Å². The van der Waals surface area contributed by atoms with E-state index in [1.165, 1.54) is 6.08 Å². The summed E-state index contributed by atoms with van der Waals surface area (Å²) in [5.74, 6) is 0.164. The van der Waals surface area contributed by atoms with Crippen LogP contribution in [0.5, 0.6) is 0 Å². The fourth-order valence-electron chi connectivity index (χ4n) is 1.43. The van der Waals surface area contributed by atoms with Gasteiger partial charge in [0, 0.05) is 16.7 Å². The van der Waals surface area contributed by atoms with Crippen LogP contribution in [0.1, 0.15) is 19.7 Å². The summed E-state index contributed by atoms with van der Waals surface area (Å²) in [7, 11) is 0. The predicted molar refractivity (Wildman–Crippen MR) is 74.0 cm³/mol. The fraction of sp³-hybridized carbons (Fsp3) is 0.214. The molecule has 1 heterocycles. The largest absolute Gasteiger partial charge is 0.452 e. The lowest BCUT2D eigenvalue weighted by Gasteiger charge is -1.98. The molecule has 1 aromatic heterocycles.